The SMILES string of the molecule is OCC12CC3C[C@@H]1[C@@H]2C3. The topological polar surface area (TPSA) is 20.2 Å². The standard InChI is InChI=1S/C8H12O/c9-4-8-3-5-1-6(8)7(8)2-5/h5-7,9H,1-4H2/t5?,6-,7+,8?. The third-order valence-electron chi connectivity index (χ3n) is 3.99. The summed E-state index contributed by atoms with van der Waals surface area (Å²) in [6.07, 6.45) is 4.26. The summed E-state index contributed by atoms with van der Waals surface area (Å²) < 4.78 is 0. The molecule has 9 heavy (non-hydrogen) atoms. The molecule has 0 aliphatic heterocycles. The van der Waals surface area contributed by atoms with E-state index in [0.29, 0.717) is 12.0 Å². The largest absolute Gasteiger partial charge is 0.396 e. The van der Waals surface area contributed by atoms with Crippen LogP contribution in [0.3, 0.4) is 0 Å². The second-order valence-corrected chi connectivity index (χ2v) is 4.15. The lowest BCUT2D eigenvalue weighted by molar-refractivity contribution is 0.203. The van der Waals surface area contributed by atoms with Crippen LogP contribution in [0.5, 0.6) is 0 Å². The van der Waals surface area contributed by atoms with Gasteiger partial charge in [0, 0.05) is 6.61 Å². The molecule has 1 heteroatoms. The van der Waals surface area contributed by atoms with E-state index in [1.165, 1.54) is 19.3 Å². The average molecular weight is 124 g/mol. The van der Waals surface area contributed by atoms with Crippen LogP contribution >= 0.6 is 0 Å². The molecule has 0 amide bonds. The van der Waals surface area contributed by atoms with E-state index in [0.717, 1.165) is 17.8 Å². The summed E-state index contributed by atoms with van der Waals surface area (Å²) in [5.74, 6) is 2.95. The second-order valence-electron chi connectivity index (χ2n) is 4.15. The summed E-state index contributed by atoms with van der Waals surface area (Å²) in [5, 5.41) is 9.06. The van der Waals surface area contributed by atoms with E-state index < -0.39 is 0 Å². The molecule has 0 aromatic rings. The Bertz CT molecular complexity index is 152. The Balaban J connectivity index is 2.02. The van der Waals surface area contributed by atoms with Crippen molar-refractivity contribution in [3.05, 3.63) is 0 Å². The van der Waals surface area contributed by atoms with Gasteiger partial charge in [0.15, 0.2) is 0 Å². The van der Waals surface area contributed by atoms with Crippen molar-refractivity contribution < 1.29 is 5.11 Å². The first kappa shape index (κ1) is 4.73. The smallest absolute Gasteiger partial charge is 0.0493 e. The minimum atomic E-state index is 0.485. The quantitative estimate of drug-likeness (QED) is 0.553. The van der Waals surface area contributed by atoms with Crippen LogP contribution in [0.2, 0.25) is 0 Å². The number of aliphatic hydroxyl groups excluding tert-OH is 1. The second kappa shape index (κ2) is 1.07. The van der Waals surface area contributed by atoms with E-state index in [1.807, 2.05) is 0 Å². The van der Waals surface area contributed by atoms with Crippen molar-refractivity contribution in [1.29, 1.82) is 0 Å². The highest BCUT2D eigenvalue weighted by atomic mass is 16.3. The Hall–Kier alpha value is -0.0400. The third kappa shape index (κ3) is 0.315. The van der Waals surface area contributed by atoms with Crippen LogP contribution in [0.15, 0.2) is 0 Å². The monoisotopic (exact) mass is 124 g/mol. The zero-order valence-electron chi connectivity index (χ0n) is 5.51. The van der Waals surface area contributed by atoms with E-state index in [1.54, 1.807) is 0 Å². The highest BCUT2D eigenvalue weighted by molar-refractivity contribution is 5.21. The predicted molar refractivity (Wildman–Crippen MR) is 33.8 cm³/mol. The van der Waals surface area contributed by atoms with Gasteiger partial charge in [0.25, 0.3) is 0 Å². The van der Waals surface area contributed by atoms with Gasteiger partial charge in [-0.2, -0.15) is 0 Å². The van der Waals surface area contributed by atoms with Crippen molar-refractivity contribution in [2.24, 2.45) is 23.2 Å². The fraction of sp³-hybridized carbons (Fsp3) is 1.00. The summed E-state index contributed by atoms with van der Waals surface area (Å²) >= 11 is 0. The van der Waals surface area contributed by atoms with Gasteiger partial charge in [0.1, 0.15) is 0 Å². The van der Waals surface area contributed by atoms with Crippen LogP contribution in [0.25, 0.3) is 0 Å². The van der Waals surface area contributed by atoms with Gasteiger partial charge in [-0.1, -0.05) is 0 Å². The Morgan fingerprint density at radius 2 is 2.00 bits per heavy atom. The highest BCUT2D eigenvalue weighted by Crippen LogP contribution is 2.78. The molecule has 4 rings (SSSR count). The van der Waals surface area contributed by atoms with Crippen molar-refractivity contribution in [3.63, 3.8) is 0 Å². The van der Waals surface area contributed by atoms with Gasteiger partial charge in [-0.15, -0.1) is 0 Å². The van der Waals surface area contributed by atoms with Gasteiger partial charge >= 0.3 is 0 Å². The molecule has 4 aliphatic rings. The first-order valence-corrected chi connectivity index (χ1v) is 3.98. The number of aliphatic hydroxyl groups is 1. The molecule has 0 aromatic heterocycles. The van der Waals surface area contributed by atoms with Crippen LogP contribution < -0.4 is 0 Å². The van der Waals surface area contributed by atoms with Crippen LogP contribution in [0.4, 0.5) is 0 Å². The highest BCUT2D eigenvalue weighted by Gasteiger charge is 2.73. The van der Waals surface area contributed by atoms with Gasteiger partial charge in [-0.3, -0.25) is 0 Å². The average Bonchev–Trinajstić information content (AvgIpc) is 2.44. The normalized spacial score (nSPS) is 67.0. The predicted octanol–water partition coefficient (Wildman–Crippen LogP) is 1.02. The minimum absolute atomic E-state index is 0.485. The Labute approximate surface area is 55.1 Å². The molecule has 4 aliphatic carbocycles. The minimum Gasteiger partial charge on any atom is -0.396 e. The molecule has 0 heterocycles. The van der Waals surface area contributed by atoms with Crippen molar-refractivity contribution >= 4 is 0 Å². The van der Waals surface area contributed by atoms with Gasteiger partial charge < -0.3 is 5.11 Å². The van der Waals surface area contributed by atoms with E-state index in [4.69, 9.17) is 5.11 Å². The van der Waals surface area contributed by atoms with Crippen LogP contribution in [0, 0.1) is 23.2 Å². The molecule has 1 nitrogen and oxygen atoms in total. The first-order valence-electron chi connectivity index (χ1n) is 3.98. The van der Waals surface area contributed by atoms with E-state index in [9.17, 15) is 0 Å². The summed E-state index contributed by atoms with van der Waals surface area (Å²) in [7, 11) is 0. The third-order valence-corrected chi connectivity index (χ3v) is 3.99. The lowest BCUT2D eigenvalue weighted by Gasteiger charge is -2.03. The van der Waals surface area contributed by atoms with Crippen LogP contribution in [0.1, 0.15) is 19.3 Å². The Morgan fingerprint density at radius 3 is 2.22 bits per heavy atom. The van der Waals surface area contributed by atoms with Gasteiger partial charge in [-0.05, 0) is 42.4 Å². The van der Waals surface area contributed by atoms with Crippen LogP contribution in [-0.2, 0) is 0 Å². The van der Waals surface area contributed by atoms with Gasteiger partial charge in [-0.25, -0.2) is 0 Å². The fourth-order valence-corrected chi connectivity index (χ4v) is 3.59. The Kier molecular flexibility index (Phi) is 0.563. The van der Waals surface area contributed by atoms with E-state index in [2.05, 4.69) is 0 Å². The lowest BCUT2D eigenvalue weighted by atomic mass is 10.1. The number of hydrogen-bond donors (Lipinski definition) is 1. The maximum absolute atomic E-state index is 9.06. The zero-order chi connectivity index (χ0) is 6.06. The molecule has 0 aromatic carbocycles. The summed E-state index contributed by atoms with van der Waals surface area (Å²) in [6, 6.07) is 0. The number of hydrogen-bond acceptors (Lipinski definition) is 1. The summed E-state index contributed by atoms with van der Waals surface area (Å²) in [6.45, 7) is 0.485. The van der Waals surface area contributed by atoms with Crippen molar-refractivity contribution in [3.8, 4) is 0 Å². The maximum Gasteiger partial charge on any atom is 0.0493 e. The molecule has 50 valence electrons. The van der Waals surface area contributed by atoms with Crippen molar-refractivity contribution in [2.45, 2.75) is 19.3 Å². The molecule has 0 spiro atoms. The molecule has 0 saturated heterocycles. The maximum atomic E-state index is 9.06. The number of rotatable bonds is 1. The molecule has 0 radical (unpaired) electrons. The Morgan fingerprint density at radius 1 is 1.33 bits per heavy atom. The molecular weight excluding hydrogens is 112 g/mol. The molecule has 4 bridgehead atoms. The molecule has 4 atom stereocenters. The lowest BCUT2D eigenvalue weighted by Crippen LogP contribution is -2.04. The zero-order valence-corrected chi connectivity index (χ0v) is 5.51. The molecule has 4 saturated carbocycles. The summed E-state index contributed by atoms with van der Waals surface area (Å²) in [4.78, 5) is 0. The van der Waals surface area contributed by atoms with E-state index in [-0.39, 0.29) is 0 Å². The fourth-order valence-electron chi connectivity index (χ4n) is 3.59. The summed E-state index contributed by atoms with van der Waals surface area (Å²) in [5.41, 5.74) is 0.491. The molecule has 1 N–H and O–H groups in total. The van der Waals surface area contributed by atoms with Gasteiger partial charge in [0.05, 0.1) is 0 Å². The van der Waals surface area contributed by atoms with Gasteiger partial charge in [0.2, 0.25) is 0 Å². The van der Waals surface area contributed by atoms with Crippen LogP contribution in [-0.4, -0.2) is 11.7 Å². The van der Waals surface area contributed by atoms with Crippen molar-refractivity contribution in [1.82, 2.24) is 0 Å². The molecule has 4 fully saturated rings. The van der Waals surface area contributed by atoms with Crippen molar-refractivity contribution in [2.75, 3.05) is 6.61 Å². The molecule has 2 unspecified atom stereocenters. The first-order chi connectivity index (χ1) is 4.37. The van der Waals surface area contributed by atoms with E-state index >= 15 is 0 Å². The molecular formula is C8H12O.